The fraction of sp³-hybridized carbons (Fsp3) is 0.462. The largest absolute Gasteiger partial charge is 0.506 e. The van der Waals surface area contributed by atoms with Crippen LogP contribution >= 0.6 is 46.4 Å². The van der Waals surface area contributed by atoms with Gasteiger partial charge in [-0.05, 0) is 32.4 Å². The number of ether oxygens (including phenoxy) is 1. The van der Waals surface area contributed by atoms with Gasteiger partial charge in [0.05, 0.1) is 6.10 Å². The van der Waals surface area contributed by atoms with Gasteiger partial charge in [0.25, 0.3) is 0 Å². The summed E-state index contributed by atoms with van der Waals surface area (Å²) in [7, 11) is 0. The minimum atomic E-state index is -1.76. The van der Waals surface area contributed by atoms with Gasteiger partial charge in [0.2, 0.25) is 3.79 Å². The molecule has 1 aromatic carbocycles. The molecule has 21 heavy (non-hydrogen) atoms. The molecule has 8 heteroatoms. The Hall–Kier alpha value is -0.390. The number of benzene rings is 1. The van der Waals surface area contributed by atoms with Crippen molar-refractivity contribution in [3.8, 4) is 0 Å². The summed E-state index contributed by atoms with van der Waals surface area (Å²) in [4.78, 5) is 10.1. The molecule has 120 valence electrons. The molecule has 0 fully saturated rings. The van der Waals surface area contributed by atoms with E-state index in [1.54, 1.807) is 13.0 Å². The highest BCUT2D eigenvalue weighted by Gasteiger charge is 2.44. The van der Waals surface area contributed by atoms with Gasteiger partial charge in [0.15, 0.2) is 5.60 Å². The number of carboxylic acid groups (broad SMARTS) is 1. The summed E-state index contributed by atoms with van der Waals surface area (Å²) < 4.78 is 2.56. The van der Waals surface area contributed by atoms with E-state index in [1.807, 2.05) is 18.2 Å². The van der Waals surface area contributed by atoms with Gasteiger partial charge in [0.1, 0.15) is 0 Å². The number of aliphatic hydroxyl groups excluding tert-OH is 1. The van der Waals surface area contributed by atoms with E-state index in [9.17, 15) is 4.79 Å². The number of halogens is 4. The highest BCUT2D eigenvalue weighted by Crippen LogP contribution is 2.40. The molecule has 0 aromatic heterocycles. The molecule has 0 aliphatic rings. The number of carbonyl (C=O) groups is 1. The summed E-state index contributed by atoms with van der Waals surface area (Å²) in [6.45, 7) is 4.43. The molecule has 0 heterocycles. The van der Waals surface area contributed by atoms with Crippen molar-refractivity contribution in [2.75, 3.05) is 0 Å². The van der Waals surface area contributed by atoms with Gasteiger partial charge in [-0.3, -0.25) is 0 Å². The van der Waals surface area contributed by atoms with Crippen LogP contribution in [-0.4, -0.2) is 25.8 Å². The number of rotatable bonds is 2. The third-order valence-corrected chi connectivity index (χ3v) is 4.09. The van der Waals surface area contributed by atoms with Crippen LogP contribution in [0.15, 0.2) is 24.3 Å². The van der Waals surface area contributed by atoms with Gasteiger partial charge in [-0.2, -0.15) is 0 Å². The van der Waals surface area contributed by atoms with Crippen molar-refractivity contribution in [1.29, 1.82) is 0 Å². The fourth-order valence-electron chi connectivity index (χ4n) is 1.09. The van der Waals surface area contributed by atoms with Crippen LogP contribution in [-0.2, 0) is 4.74 Å². The molecule has 0 aliphatic carbocycles. The third-order valence-electron chi connectivity index (χ3n) is 2.38. The summed E-state index contributed by atoms with van der Waals surface area (Å²) in [6, 6.07) is 7.28. The zero-order chi connectivity index (χ0) is 16.8. The summed E-state index contributed by atoms with van der Waals surface area (Å²) in [6.07, 6.45) is -1.95. The van der Waals surface area contributed by atoms with Gasteiger partial charge >= 0.3 is 6.16 Å². The SMILES string of the molecule is CC(C)(OC(=O)O)C(Cl)(Cl)Cl.CC(O)c1ccccc1Cl. The van der Waals surface area contributed by atoms with Crippen LogP contribution in [0.4, 0.5) is 4.79 Å². The molecule has 0 saturated heterocycles. The van der Waals surface area contributed by atoms with E-state index in [2.05, 4.69) is 4.74 Å². The van der Waals surface area contributed by atoms with E-state index in [1.165, 1.54) is 13.8 Å². The molecule has 1 unspecified atom stereocenters. The maximum absolute atomic E-state index is 10.1. The lowest BCUT2D eigenvalue weighted by atomic mass is 10.1. The minimum Gasteiger partial charge on any atom is -0.450 e. The second-order valence-corrected chi connectivity index (χ2v) is 7.26. The Kier molecular flexibility index (Phi) is 8.14. The Balaban J connectivity index is 0.000000382. The first-order valence-corrected chi connectivity index (χ1v) is 7.31. The smallest absolute Gasteiger partial charge is 0.450 e. The maximum Gasteiger partial charge on any atom is 0.506 e. The third kappa shape index (κ3) is 7.43. The Morgan fingerprint density at radius 3 is 1.95 bits per heavy atom. The normalized spacial score (nSPS) is 13.0. The van der Waals surface area contributed by atoms with E-state index in [0.29, 0.717) is 5.02 Å². The summed E-state index contributed by atoms with van der Waals surface area (Å²) in [5.74, 6) is 0. The van der Waals surface area contributed by atoms with Crippen LogP contribution in [0.3, 0.4) is 0 Å². The van der Waals surface area contributed by atoms with Crippen LogP contribution in [0.2, 0.25) is 5.02 Å². The molecule has 0 radical (unpaired) electrons. The monoisotopic (exact) mass is 376 g/mol. The number of alkyl halides is 3. The van der Waals surface area contributed by atoms with Crippen molar-refractivity contribution >= 4 is 52.6 Å². The van der Waals surface area contributed by atoms with E-state index in [4.69, 9.17) is 56.6 Å². The lowest BCUT2D eigenvalue weighted by Gasteiger charge is -2.30. The molecular formula is C13H16Cl4O4. The van der Waals surface area contributed by atoms with Gasteiger partial charge in [-0.1, -0.05) is 64.6 Å². The first kappa shape index (κ1) is 20.6. The molecule has 0 aliphatic heterocycles. The Labute approximate surface area is 143 Å². The van der Waals surface area contributed by atoms with Crippen LogP contribution < -0.4 is 0 Å². The van der Waals surface area contributed by atoms with E-state index in [-0.39, 0.29) is 0 Å². The summed E-state index contributed by atoms with van der Waals surface area (Å²) in [5, 5.41) is 18.0. The molecule has 0 bridgehead atoms. The maximum atomic E-state index is 10.1. The van der Waals surface area contributed by atoms with Crippen molar-refractivity contribution in [2.45, 2.75) is 36.3 Å². The molecule has 1 rings (SSSR count). The Morgan fingerprint density at radius 1 is 1.24 bits per heavy atom. The number of hydrogen-bond acceptors (Lipinski definition) is 3. The van der Waals surface area contributed by atoms with Gasteiger partial charge < -0.3 is 14.9 Å². The van der Waals surface area contributed by atoms with Crippen LogP contribution in [0, 0.1) is 0 Å². The highest BCUT2D eigenvalue weighted by molar-refractivity contribution is 6.68. The molecule has 1 atom stereocenters. The topological polar surface area (TPSA) is 66.8 Å². The summed E-state index contributed by atoms with van der Waals surface area (Å²) >= 11 is 22.0. The van der Waals surface area contributed by atoms with E-state index in [0.717, 1.165) is 5.56 Å². The van der Waals surface area contributed by atoms with Crippen LogP contribution in [0.25, 0.3) is 0 Å². The highest BCUT2D eigenvalue weighted by atomic mass is 35.6. The first-order chi connectivity index (χ1) is 9.38. The quantitative estimate of drug-likeness (QED) is 0.547. The zero-order valence-electron chi connectivity index (χ0n) is 11.6. The number of aliphatic hydroxyl groups is 1. The van der Waals surface area contributed by atoms with E-state index >= 15 is 0 Å². The fourth-order valence-corrected chi connectivity index (χ4v) is 1.50. The molecule has 1 aromatic rings. The standard InChI is InChI=1S/C8H9ClO.C5H7Cl3O3/c1-6(10)7-4-2-3-5-8(7)9;1-4(2,5(6,7)8)11-3(9)10/h2-6,10H,1H3;1-2H3,(H,9,10). The van der Waals surface area contributed by atoms with Crippen LogP contribution in [0.5, 0.6) is 0 Å². The van der Waals surface area contributed by atoms with Gasteiger partial charge in [-0.15, -0.1) is 0 Å². The molecule has 4 nitrogen and oxygen atoms in total. The van der Waals surface area contributed by atoms with Gasteiger partial charge in [-0.25, -0.2) is 4.79 Å². The average Bonchev–Trinajstić information content (AvgIpc) is 2.26. The first-order valence-electron chi connectivity index (χ1n) is 5.79. The van der Waals surface area contributed by atoms with Crippen LogP contribution in [0.1, 0.15) is 32.4 Å². The molecule has 0 saturated carbocycles. The number of hydrogen-bond donors (Lipinski definition) is 2. The second kappa shape index (κ2) is 8.30. The van der Waals surface area contributed by atoms with Crippen molar-refractivity contribution in [1.82, 2.24) is 0 Å². The van der Waals surface area contributed by atoms with Crippen molar-refractivity contribution in [2.24, 2.45) is 0 Å². The Morgan fingerprint density at radius 2 is 1.71 bits per heavy atom. The summed E-state index contributed by atoms with van der Waals surface area (Å²) in [5.41, 5.74) is -0.562. The predicted octanol–water partition coefficient (Wildman–Crippen LogP) is 5.22. The minimum absolute atomic E-state index is 0.478. The Bertz CT molecular complexity index is 469. The second-order valence-electron chi connectivity index (χ2n) is 4.57. The molecule has 2 N–H and O–H groups in total. The molecular weight excluding hydrogens is 362 g/mol. The average molecular weight is 378 g/mol. The van der Waals surface area contributed by atoms with Crippen molar-refractivity contribution < 1.29 is 19.7 Å². The lowest BCUT2D eigenvalue weighted by molar-refractivity contribution is 0.00613. The van der Waals surface area contributed by atoms with Gasteiger partial charge in [0, 0.05) is 5.02 Å². The molecule has 0 spiro atoms. The zero-order valence-corrected chi connectivity index (χ0v) is 14.6. The predicted molar refractivity (Wildman–Crippen MR) is 85.6 cm³/mol. The van der Waals surface area contributed by atoms with Crippen molar-refractivity contribution in [3.05, 3.63) is 34.9 Å². The van der Waals surface area contributed by atoms with Crippen molar-refractivity contribution in [3.63, 3.8) is 0 Å². The van der Waals surface area contributed by atoms with E-state index < -0.39 is 21.7 Å². The molecule has 0 amide bonds. The lowest BCUT2D eigenvalue weighted by Crippen LogP contribution is -2.40.